The molecule has 0 aromatic rings. The van der Waals surface area contributed by atoms with E-state index in [4.69, 9.17) is 0 Å². The molecule has 1 aliphatic heterocycles. The molecule has 2 rings (SSSR count). The molecule has 5 heteroatoms. The number of hydrogen-bond acceptors (Lipinski definition) is 3. The van der Waals surface area contributed by atoms with Crippen LogP contribution in [0.5, 0.6) is 0 Å². The third kappa shape index (κ3) is 2.97. The van der Waals surface area contributed by atoms with Crippen molar-refractivity contribution >= 4 is 11.9 Å². The van der Waals surface area contributed by atoms with Crippen LogP contribution >= 0.6 is 0 Å². The molecule has 1 unspecified atom stereocenters. The van der Waals surface area contributed by atoms with Crippen LogP contribution in [0, 0.1) is 0 Å². The number of aliphatic carboxylic acids is 1. The third-order valence-corrected chi connectivity index (χ3v) is 4.56. The first-order valence-electron chi connectivity index (χ1n) is 7.77. The highest BCUT2D eigenvalue weighted by atomic mass is 16.4. The Morgan fingerprint density at radius 3 is 2.50 bits per heavy atom. The van der Waals surface area contributed by atoms with Crippen molar-refractivity contribution in [1.29, 1.82) is 0 Å². The van der Waals surface area contributed by atoms with Crippen molar-refractivity contribution in [2.75, 3.05) is 19.6 Å². The summed E-state index contributed by atoms with van der Waals surface area (Å²) >= 11 is 0. The van der Waals surface area contributed by atoms with E-state index in [0.29, 0.717) is 12.8 Å². The lowest BCUT2D eigenvalue weighted by Crippen LogP contribution is -2.58. The Morgan fingerprint density at radius 1 is 1.30 bits per heavy atom. The Balaban J connectivity index is 2.20. The van der Waals surface area contributed by atoms with Gasteiger partial charge < -0.3 is 14.9 Å². The molecule has 0 aromatic carbocycles. The quantitative estimate of drug-likeness (QED) is 0.834. The minimum absolute atomic E-state index is 0.0844. The van der Waals surface area contributed by atoms with Crippen LogP contribution in [-0.2, 0) is 9.59 Å². The van der Waals surface area contributed by atoms with Crippen molar-refractivity contribution in [1.82, 2.24) is 9.80 Å². The number of carbonyl (C=O) groups excluding carboxylic acids is 1. The fourth-order valence-corrected chi connectivity index (χ4v) is 3.51. The molecule has 1 saturated carbocycles. The number of carboxylic acids is 1. The van der Waals surface area contributed by atoms with Crippen LogP contribution in [0.15, 0.2) is 0 Å². The fourth-order valence-electron chi connectivity index (χ4n) is 3.51. The number of amides is 1. The zero-order valence-electron chi connectivity index (χ0n) is 12.6. The number of carboxylic acid groups (broad SMARTS) is 1. The van der Waals surface area contributed by atoms with Crippen molar-refractivity contribution in [3.8, 4) is 0 Å². The molecule has 2 fully saturated rings. The maximum Gasteiger partial charge on any atom is 0.329 e. The highest BCUT2D eigenvalue weighted by molar-refractivity contribution is 5.86. The fraction of sp³-hybridized carbons (Fsp3) is 0.867. The van der Waals surface area contributed by atoms with Gasteiger partial charge in [-0.2, -0.15) is 0 Å². The van der Waals surface area contributed by atoms with Gasteiger partial charge >= 0.3 is 5.97 Å². The average molecular weight is 282 g/mol. The van der Waals surface area contributed by atoms with Crippen molar-refractivity contribution in [2.45, 2.75) is 64.0 Å². The molecule has 0 radical (unpaired) electrons. The van der Waals surface area contributed by atoms with Gasteiger partial charge in [-0.15, -0.1) is 0 Å². The molecule has 5 nitrogen and oxygen atoms in total. The average Bonchev–Trinajstić information content (AvgIpc) is 3.18. The first kappa shape index (κ1) is 15.3. The van der Waals surface area contributed by atoms with Gasteiger partial charge in [0.2, 0.25) is 5.91 Å². The molecule has 1 amide bonds. The molecule has 0 aromatic heterocycles. The van der Waals surface area contributed by atoms with Crippen molar-refractivity contribution < 1.29 is 14.7 Å². The highest BCUT2D eigenvalue weighted by Gasteiger charge is 2.51. The number of hydrogen-bond donors (Lipinski definition) is 1. The van der Waals surface area contributed by atoms with Crippen molar-refractivity contribution in [3.63, 3.8) is 0 Å². The summed E-state index contributed by atoms with van der Waals surface area (Å²) in [5.41, 5.74) is -0.977. The Hall–Kier alpha value is -1.10. The maximum absolute atomic E-state index is 12.0. The standard InChI is InChI=1S/C15H26N2O3/c1-3-9-16-10-4-7-15(8-11-16,14(19)20)17(12(2)18)13-5-6-13/h13H,3-11H2,1-2H3,(H,19,20). The first-order valence-corrected chi connectivity index (χ1v) is 7.77. The van der Waals surface area contributed by atoms with Crippen LogP contribution in [-0.4, -0.2) is 58.0 Å². The predicted octanol–water partition coefficient (Wildman–Crippen LogP) is 1.72. The topological polar surface area (TPSA) is 60.9 Å². The predicted molar refractivity (Wildman–Crippen MR) is 76.5 cm³/mol. The molecule has 2 aliphatic rings. The summed E-state index contributed by atoms with van der Waals surface area (Å²) in [6.07, 6.45) is 4.97. The van der Waals surface area contributed by atoms with Gasteiger partial charge in [-0.3, -0.25) is 4.79 Å². The molecule has 20 heavy (non-hydrogen) atoms. The molecular formula is C15H26N2O3. The van der Waals surface area contributed by atoms with E-state index in [2.05, 4.69) is 11.8 Å². The Labute approximate surface area is 120 Å². The number of carbonyl (C=O) groups is 2. The van der Waals surface area contributed by atoms with Crippen LogP contribution < -0.4 is 0 Å². The molecule has 114 valence electrons. The Bertz CT molecular complexity index is 381. The van der Waals surface area contributed by atoms with Gasteiger partial charge in [0, 0.05) is 19.5 Å². The summed E-state index contributed by atoms with van der Waals surface area (Å²) in [6.45, 7) is 6.38. The minimum atomic E-state index is -0.977. The molecule has 0 bridgehead atoms. The van der Waals surface area contributed by atoms with E-state index in [1.165, 1.54) is 6.92 Å². The zero-order valence-corrected chi connectivity index (χ0v) is 12.6. The molecule has 1 saturated heterocycles. The lowest BCUT2D eigenvalue weighted by Gasteiger charge is -2.40. The highest BCUT2D eigenvalue weighted by Crippen LogP contribution is 2.38. The van der Waals surface area contributed by atoms with E-state index < -0.39 is 11.5 Å². The maximum atomic E-state index is 12.0. The first-order chi connectivity index (χ1) is 9.51. The second-order valence-corrected chi connectivity index (χ2v) is 6.15. The van der Waals surface area contributed by atoms with Crippen LogP contribution in [0.2, 0.25) is 0 Å². The molecule has 1 atom stereocenters. The van der Waals surface area contributed by atoms with Gasteiger partial charge in [0.05, 0.1) is 0 Å². The number of likely N-dealkylation sites (tertiary alicyclic amines) is 1. The van der Waals surface area contributed by atoms with E-state index in [1.54, 1.807) is 4.90 Å². The van der Waals surface area contributed by atoms with Crippen molar-refractivity contribution in [3.05, 3.63) is 0 Å². The summed E-state index contributed by atoms with van der Waals surface area (Å²) < 4.78 is 0. The lowest BCUT2D eigenvalue weighted by atomic mass is 9.88. The van der Waals surface area contributed by atoms with E-state index in [-0.39, 0.29) is 11.9 Å². The van der Waals surface area contributed by atoms with E-state index in [0.717, 1.165) is 45.3 Å². The van der Waals surface area contributed by atoms with Crippen LogP contribution in [0.25, 0.3) is 0 Å². The van der Waals surface area contributed by atoms with E-state index >= 15 is 0 Å². The molecular weight excluding hydrogens is 256 g/mol. The SMILES string of the molecule is CCCN1CCCC(C(=O)O)(N(C(C)=O)C2CC2)CC1. The summed E-state index contributed by atoms with van der Waals surface area (Å²) in [5.74, 6) is -0.906. The summed E-state index contributed by atoms with van der Waals surface area (Å²) in [5, 5.41) is 9.81. The molecule has 0 spiro atoms. The number of nitrogens with zero attached hydrogens (tertiary/aromatic N) is 2. The normalized spacial score (nSPS) is 27.9. The van der Waals surface area contributed by atoms with Gasteiger partial charge in [-0.1, -0.05) is 6.92 Å². The second kappa shape index (κ2) is 6.12. The van der Waals surface area contributed by atoms with Crippen LogP contribution in [0.3, 0.4) is 0 Å². The van der Waals surface area contributed by atoms with Gasteiger partial charge in [-0.05, 0) is 51.6 Å². The smallest absolute Gasteiger partial charge is 0.329 e. The van der Waals surface area contributed by atoms with Gasteiger partial charge in [0.25, 0.3) is 0 Å². The van der Waals surface area contributed by atoms with Gasteiger partial charge in [0.1, 0.15) is 5.54 Å². The monoisotopic (exact) mass is 282 g/mol. The van der Waals surface area contributed by atoms with E-state index in [1.807, 2.05) is 0 Å². The molecule has 1 heterocycles. The second-order valence-electron chi connectivity index (χ2n) is 6.15. The molecule has 1 aliphatic carbocycles. The van der Waals surface area contributed by atoms with Gasteiger partial charge in [0.15, 0.2) is 0 Å². The third-order valence-electron chi connectivity index (χ3n) is 4.56. The zero-order chi connectivity index (χ0) is 14.8. The van der Waals surface area contributed by atoms with Gasteiger partial charge in [-0.25, -0.2) is 4.79 Å². The lowest BCUT2D eigenvalue weighted by molar-refractivity contribution is -0.160. The number of rotatable bonds is 5. The van der Waals surface area contributed by atoms with Crippen LogP contribution in [0.1, 0.15) is 52.4 Å². The summed E-state index contributed by atoms with van der Waals surface area (Å²) in [7, 11) is 0. The Kier molecular flexibility index (Phi) is 4.68. The summed E-state index contributed by atoms with van der Waals surface area (Å²) in [6, 6.07) is 0.154. The minimum Gasteiger partial charge on any atom is -0.479 e. The van der Waals surface area contributed by atoms with E-state index in [9.17, 15) is 14.7 Å². The van der Waals surface area contributed by atoms with Crippen LogP contribution in [0.4, 0.5) is 0 Å². The largest absolute Gasteiger partial charge is 0.479 e. The van der Waals surface area contributed by atoms with Crippen molar-refractivity contribution in [2.24, 2.45) is 0 Å². The molecule has 1 N–H and O–H groups in total. The Morgan fingerprint density at radius 2 is 2.00 bits per heavy atom. The summed E-state index contributed by atoms with van der Waals surface area (Å²) in [4.78, 5) is 28.0.